The van der Waals surface area contributed by atoms with E-state index in [4.69, 9.17) is 6.63 Å². The Kier molecular flexibility index (Phi) is 4.80. The highest BCUT2D eigenvalue weighted by molar-refractivity contribution is 9.10. The van der Waals surface area contributed by atoms with Crippen LogP contribution in [0.2, 0.25) is 0 Å². The van der Waals surface area contributed by atoms with Crippen molar-refractivity contribution in [3.8, 4) is 17.3 Å². The number of nitro groups is 1. The molecule has 6 nitrogen and oxygen atoms in total. The third-order valence-corrected chi connectivity index (χ3v) is 5.34. The van der Waals surface area contributed by atoms with Crippen LogP contribution in [0.25, 0.3) is 11.3 Å². The van der Waals surface area contributed by atoms with Gasteiger partial charge in [0.05, 0.1) is 20.7 Å². The van der Waals surface area contributed by atoms with E-state index >= 15 is 0 Å². The van der Waals surface area contributed by atoms with Gasteiger partial charge in [-0.1, -0.05) is 6.07 Å². The summed E-state index contributed by atoms with van der Waals surface area (Å²) in [5.41, 5.74) is 1.03. The summed E-state index contributed by atoms with van der Waals surface area (Å²) in [4.78, 5) is 17.5. The largest absolute Gasteiger partial charge is 0.351 e. The van der Waals surface area contributed by atoms with E-state index in [1.165, 1.54) is 12.1 Å². The zero-order chi connectivity index (χ0) is 19.7. The molecule has 0 aliphatic carbocycles. The van der Waals surface area contributed by atoms with Crippen LogP contribution in [-0.2, 0) is 0 Å². The molecular weight excluding hydrogens is 403 g/mol. The average molecular weight is 420 g/mol. The molecule has 3 rings (SSSR count). The summed E-state index contributed by atoms with van der Waals surface area (Å²) in [5.74, 6) is -0.441. The summed E-state index contributed by atoms with van der Waals surface area (Å²) in [6.07, 6.45) is 1.03. The second-order valence-electron chi connectivity index (χ2n) is 5.99. The van der Waals surface area contributed by atoms with Crippen molar-refractivity contribution in [3.63, 3.8) is 0 Å². The predicted molar refractivity (Wildman–Crippen MR) is 99.5 cm³/mol. The molecule has 1 saturated heterocycles. The van der Waals surface area contributed by atoms with E-state index in [0.29, 0.717) is 47.2 Å². The third kappa shape index (κ3) is 3.27. The van der Waals surface area contributed by atoms with Crippen molar-refractivity contribution in [2.75, 3.05) is 18.0 Å². The SMILES string of the molecule is [2H]C1CCN(c2nc(-c3ccc(C#N)c(F)c3)c(Br)c(C)c2[N+](=O)[O-])CC1. The van der Waals surface area contributed by atoms with E-state index in [0.717, 1.165) is 0 Å². The van der Waals surface area contributed by atoms with Gasteiger partial charge in [-0.25, -0.2) is 9.37 Å². The fourth-order valence-electron chi connectivity index (χ4n) is 3.00. The summed E-state index contributed by atoms with van der Waals surface area (Å²) < 4.78 is 22.3. The van der Waals surface area contributed by atoms with Crippen LogP contribution in [0.15, 0.2) is 22.7 Å². The number of halogens is 2. The molecular formula is C18H16BrFN4O2. The Labute approximate surface area is 160 Å². The summed E-state index contributed by atoms with van der Waals surface area (Å²) in [7, 11) is 0. The first-order valence-electron chi connectivity index (χ1n) is 8.63. The molecule has 0 N–H and O–H groups in total. The smallest absolute Gasteiger partial charge is 0.315 e. The summed E-state index contributed by atoms with van der Waals surface area (Å²) in [6, 6.07) is 5.90. The molecule has 2 heterocycles. The first kappa shape index (κ1) is 16.9. The van der Waals surface area contributed by atoms with Gasteiger partial charge in [0.2, 0.25) is 5.82 Å². The lowest BCUT2D eigenvalue weighted by molar-refractivity contribution is -0.385. The van der Waals surface area contributed by atoms with Crippen molar-refractivity contribution in [1.29, 1.82) is 5.26 Å². The van der Waals surface area contributed by atoms with Gasteiger partial charge in [0.15, 0.2) is 0 Å². The highest BCUT2D eigenvalue weighted by Crippen LogP contribution is 2.40. The Morgan fingerprint density at radius 3 is 2.73 bits per heavy atom. The molecule has 0 saturated carbocycles. The van der Waals surface area contributed by atoms with Gasteiger partial charge >= 0.3 is 5.69 Å². The van der Waals surface area contributed by atoms with E-state index in [2.05, 4.69) is 20.9 Å². The number of benzene rings is 1. The molecule has 8 heteroatoms. The van der Waals surface area contributed by atoms with Crippen molar-refractivity contribution in [1.82, 2.24) is 4.98 Å². The Balaban J connectivity index is 2.17. The highest BCUT2D eigenvalue weighted by atomic mass is 79.9. The lowest BCUT2D eigenvalue weighted by Crippen LogP contribution is -2.31. The van der Waals surface area contributed by atoms with Crippen LogP contribution in [0.4, 0.5) is 15.9 Å². The summed E-state index contributed by atoms with van der Waals surface area (Å²) >= 11 is 3.36. The summed E-state index contributed by atoms with van der Waals surface area (Å²) in [6.45, 7) is 2.63. The predicted octanol–water partition coefficient (Wildman–Crippen LogP) is 4.73. The molecule has 134 valence electrons. The molecule has 0 spiro atoms. The Hall–Kier alpha value is -2.53. The fourth-order valence-corrected chi connectivity index (χ4v) is 3.51. The second-order valence-corrected chi connectivity index (χ2v) is 6.78. The number of rotatable bonds is 3. The van der Waals surface area contributed by atoms with Crippen LogP contribution in [-0.4, -0.2) is 23.0 Å². The van der Waals surface area contributed by atoms with Crippen LogP contribution in [0, 0.1) is 34.2 Å². The van der Waals surface area contributed by atoms with Gasteiger partial charge in [0.25, 0.3) is 0 Å². The number of piperidine rings is 1. The number of anilines is 1. The van der Waals surface area contributed by atoms with E-state index in [-0.39, 0.29) is 23.5 Å². The van der Waals surface area contributed by atoms with E-state index in [9.17, 15) is 14.5 Å². The van der Waals surface area contributed by atoms with Gasteiger partial charge in [0.1, 0.15) is 11.9 Å². The third-order valence-electron chi connectivity index (χ3n) is 4.37. The first-order chi connectivity index (χ1) is 12.8. The highest BCUT2D eigenvalue weighted by Gasteiger charge is 2.29. The van der Waals surface area contributed by atoms with Crippen LogP contribution in [0.3, 0.4) is 0 Å². The van der Waals surface area contributed by atoms with Gasteiger partial charge < -0.3 is 4.90 Å². The van der Waals surface area contributed by atoms with E-state index in [1.807, 2.05) is 4.90 Å². The number of nitrogens with zero attached hydrogens (tertiary/aromatic N) is 4. The Bertz CT molecular complexity index is 955. The minimum absolute atomic E-state index is 0.0775. The molecule has 0 radical (unpaired) electrons. The number of hydrogen-bond acceptors (Lipinski definition) is 5. The maximum atomic E-state index is 14.1. The molecule has 0 bridgehead atoms. The molecule has 2 aromatic rings. The normalized spacial score (nSPS) is 15.5. The van der Waals surface area contributed by atoms with Crippen LogP contribution in [0.1, 0.15) is 31.7 Å². The van der Waals surface area contributed by atoms with E-state index < -0.39 is 10.7 Å². The molecule has 0 atom stereocenters. The number of hydrogen-bond donors (Lipinski definition) is 0. The second kappa shape index (κ2) is 7.38. The zero-order valence-electron chi connectivity index (χ0n) is 15.0. The molecule has 1 aromatic carbocycles. The lowest BCUT2D eigenvalue weighted by atomic mass is 10.0. The van der Waals surface area contributed by atoms with Gasteiger partial charge in [0, 0.05) is 25.6 Å². The Morgan fingerprint density at radius 2 is 2.15 bits per heavy atom. The van der Waals surface area contributed by atoms with Crippen molar-refractivity contribution < 1.29 is 10.7 Å². The van der Waals surface area contributed by atoms with Crippen molar-refractivity contribution in [2.45, 2.75) is 26.2 Å². The van der Waals surface area contributed by atoms with Gasteiger partial charge in [-0.2, -0.15) is 5.26 Å². The Morgan fingerprint density at radius 1 is 1.46 bits per heavy atom. The number of nitriles is 1. The van der Waals surface area contributed by atoms with Gasteiger partial charge in [-0.15, -0.1) is 0 Å². The van der Waals surface area contributed by atoms with Crippen molar-refractivity contribution >= 4 is 27.4 Å². The topological polar surface area (TPSA) is 83.1 Å². The molecule has 26 heavy (non-hydrogen) atoms. The van der Waals surface area contributed by atoms with Crippen LogP contribution >= 0.6 is 15.9 Å². The minimum Gasteiger partial charge on any atom is -0.351 e. The van der Waals surface area contributed by atoms with Crippen molar-refractivity contribution in [3.05, 3.63) is 49.7 Å². The molecule has 1 aliphatic rings. The maximum absolute atomic E-state index is 14.1. The fraction of sp³-hybridized carbons (Fsp3) is 0.333. The summed E-state index contributed by atoms with van der Waals surface area (Å²) in [5, 5.41) is 20.6. The number of pyridine rings is 1. The van der Waals surface area contributed by atoms with Crippen LogP contribution < -0.4 is 4.90 Å². The minimum atomic E-state index is -0.670. The van der Waals surface area contributed by atoms with E-state index in [1.54, 1.807) is 19.1 Å². The molecule has 1 aromatic heterocycles. The molecule has 0 unspecified atom stereocenters. The molecule has 1 fully saturated rings. The van der Waals surface area contributed by atoms with Crippen LogP contribution in [0.5, 0.6) is 0 Å². The maximum Gasteiger partial charge on any atom is 0.315 e. The quantitative estimate of drug-likeness (QED) is 0.530. The number of aromatic nitrogens is 1. The molecule has 1 aliphatic heterocycles. The van der Waals surface area contributed by atoms with Gasteiger partial charge in [-0.05, 0) is 54.2 Å². The van der Waals surface area contributed by atoms with Crippen molar-refractivity contribution in [2.24, 2.45) is 0 Å². The average Bonchev–Trinajstić information content (AvgIpc) is 2.64. The monoisotopic (exact) mass is 419 g/mol. The standard InChI is InChI=1S/C18H16BrFN4O2/c1-11-15(19)16(12-5-6-13(10-21)14(20)9-12)22-18(17(11)24(25)26)23-7-3-2-4-8-23/h5-6,9H,2-4,7-8H2,1H3/i2D. The zero-order valence-corrected chi connectivity index (χ0v) is 15.6. The lowest BCUT2D eigenvalue weighted by Gasteiger charge is -2.28. The van der Waals surface area contributed by atoms with Gasteiger partial charge in [-0.3, -0.25) is 10.1 Å². The first-order valence-corrected chi connectivity index (χ1v) is 8.84. The molecule has 0 amide bonds.